The summed E-state index contributed by atoms with van der Waals surface area (Å²) in [7, 11) is 0. The van der Waals surface area contributed by atoms with Crippen molar-refractivity contribution >= 4 is 74.4 Å². The Bertz CT molecular complexity index is 2290. The summed E-state index contributed by atoms with van der Waals surface area (Å²) in [6, 6.07) is 11.2. The number of β-lactam (4-membered cyclic amide) rings is 1. The Morgan fingerprint density at radius 3 is 2.64 bits per heavy atom. The van der Waals surface area contributed by atoms with E-state index < -0.39 is 40.8 Å². The Kier molecular flexibility index (Phi) is 10.8. The first kappa shape index (κ1) is 38.5. The number of nitrogens with zero attached hydrogens (tertiary/aromatic N) is 6. The lowest BCUT2D eigenvalue weighted by atomic mass is 10.0. The lowest BCUT2D eigenvalue weighted by Gasteiger charge is -2.49. The van der Waals surface area contributed by atoms with Gasteiger partial charge in [0.25, 0.3) is 11.8 Å². The second-order valence-corrected chi connectivity index (χ2v) is 16.1. The van der Waals surface area contributed by atoms with Crippen LogP contribution in [0.5, 0.6) is 0 Å². The molecule has 0 radical (unpaired) electrons. The molecule has 0 spiro atoms. The van der Waals surface area contributed by atoms with Crippen molar-refractivity contribution < 1.29 is 38.8 Å². The van der Waals surface area contributed by atoms with Crippen molar-refractivity contribution in [1.29, 1.82) is 0 Å². The van der Waals surface area contributed by atoms with Gasteiger partial charge in [-0.2, -0.15) is 0 Å². The van der Waals surface area contributed by atoms with Crippen molar-refractivity contribution in [2.45, 2.75) is 62.8 Å². The van der Waals surface area contributed by atoms with Gasteiger partial charge in [0.15, 0.2) is 29.8 Å². The number of amidine groups is 1. The van der Waals surface area contributed by atoms with E-state index in [-0.39, 0.29) is 40.6 Å². The van der Waals surface area contributed by atoms with Crippen molar-refractivity contribution in [3.05, 3.63) is 88.5 Å². The van der Waals surface area contributed by atoms with E-state index >= 15 is 0 Å². The van der Waals surface area contributed by atoms with Crippen LogP contribution in [0.15, 0.2) is 81.8 Å². The minimum Gasteiger partial charge on any atom is -0.478 e. The largest absolute Gasteiger partial charge is 0.478 e. The van der Waals surface area contributed by atoms with Gasteiger partial charge in [-0.3, -0.25) is 19.5 Å². The first-order chi connectivity index (χ1) is 26.8. The number of anilines is 1. The Labute approximate surface area is 329 Å². The van der Waals surface area contributed by atoms with Crippen molar-refractivity contribution in [2.75, 3.05) is 24.6 Å². The predicted octanol–water partition coefficient (Wildman–Crippen LogP) is 1.50. The van der Waals surface area contributed by atoms with E-state index in [1.165, 1.54) is 35.9 Å². The number of carboxylic acids is 2. The highest BCUT2D eigenvalue weighted by molar-refractivity contribution is 8.00. The number of nitrogen functional groups attached to an aromatic ring is 1. The molecular weight excluding hydrogens is 761 g/mol. The number of thiazole rings is 1. The highest BCUT2D eigenvalue weighted by atomic mass is 32.2. The predicted molar refractivity (Wildman–Crippen MR) is 210 cm³/mol. The van der Waals surface area contributed by atoms with E-state index in [1.807, 2.05) is 59.6 Å². The van der Waals surface area contributed by atoms with Gasteiger partial charge in [-0.15, -0.1) is 23.1 Å². The number of oxime groups is 1. The van der Waals surface area contributed by atoms with Gasteiger partial charge >= 0.3 is 11.9 Å². The summed E-state index contributed by atoms with van der Waals surface area (Å²) in [5.41, 5.74) is 13.3. The third-order valence-corrected chi connectivity index (χ3v) is 11.7. The number of aliphatic carboxylic acids is 2. The third-order valence-electron chi connectivity index (χ3n) is 9.73. The Hall–Kier alpha value is -5.79. The standard InChI is InChI=1S/C37H40N10O7S2/c1-37(2,35(52)53)54-44-27(25-19-56-36(39)42-25)31(48)43-28-32(49)47-29(34(50)51)23(18-55-33(28)47)17-45-12-10-26-22(16-45)9-13-46(26)15-20-5-7-21(8-6-20)30(38)41-24-4-3-11-40-14-24/h5-10,12-13,16,19,24,28,33,40H,3-4,11,14-15,17-18H2,1-2H3,(H6-,38,39,41,42,43,48,50,51,52,53)/p+1/t24?,28-,33-/m1/s1. The Morgan fingerprint density at radius 2 is 1.96 bits per heavy atom. The maximum absolute atomic E-state index is 13.5. The minimum atomic E-state index is -1.77. The molecule has 3 aliphatic heterocycles. The maximum Gasteiger partial charge on any atom is 0.352 e. The maximum atomic E-state index is 13.5. The lowest BCUT2D eigenvalue weighted by molar-refractivity contribution is -0.687. The van der Waals surface area contributed by atoms with Crippen LogP contribution in [0.2, 0.25) is 0 Å². The number of benzene rings is 1. The average Bonchev–Trinajstić information content (AvgIpc) is 3.79. The number of amides is 2. The van der Waals surface area contributed by atoms with Gasteiger partial charge in [-0.1, -0.05) is 29.4 Å². The van der Waals surface area contributed by atoms with E-state index in [4.69, 9.17) is 21.3 Å². The highest BCUT2D eigenvalue weighted by Gasteiger charge is 2.55. The number of carboxylic acid groups (broad SMARTS) is 2. The van der Waals surface area contributed by atoms with Crippen molar-refractivity contribution in [3.8, 4) is 0 Å². The second-order valence-electron chi connectivity index (χ2n) is 14.1. The molecule has 0 aliphatic carbocycles. The number of rotatable bonds is 13. The molecule has 17 nitrogen and oxygen atoms in total. The van der Waals surface area contributed by atoms with Crippen LogP contribution in [0.1, 0.15) is 43.5 Å². The normalized spacial score (nSPS) is 20.4. The van der Waals surface area contributed by atoms with Gasteiger partial charge in [0.2, 0.25) is 5.60 Å². The van der Waals surface area contributed by atoms with Crippen LogP contribution in [0.4, 0.5) is 5.13 Å². The average molecular weight is 802 g/mol. The summed E-state index contributed by atoms with van der Waals surface area (Å²) in [5.74, 6) is -3.22. The Morgan fingerprint density at radius 1 is 1.18 bits per heavy atom. The fraction of sp³-hybridized carbons (Fsp3) is 0.351. The van der Waals surface area contributed by atoms with Crippen molar-refractivity contribution in [3.63, 3.8) is 0 Å². The summed E-state index contributed by atoms with van der Waals surface area (Å²) < 4.78 is 4.02. The van der Waals surface area contributed by atoms with E-state index in [9.17, 15) is 29.4 Å². The number of pyridine rings is 1. The number of hydrogen-bond acceptors (Lipinski definition) is 12. The van der Waals surface area contributed by atoms with E-state index in [1.54, 1.807) is 0 Å². The summed E-state index contributed by atoms with van der Waals surface area (Å²) in [4.78, 5) is 66.2. The van der Waals surface area contributed by atoms with Crippen LogP contribution in [0.3, 0.4) is 0 Å². The molecule has 3 aromatic heterocycles. The molecule has 6 heterocycles. The van der Waals surface area contributed by atoms with Gasteiger partial charge in [0.1, 0.15) is 28.6 Å². The number of carbonyl (C=O) groups is 4. The summed E-state index contributed by atoms with van der Waals surface area (Å²) >= 11 is 2.35. The molecule has 0 bridgehead atoms. The zero-order chi connectivity index (χ0) is 39.7. The van der Waals surface area contributed by atoms with Gasteiger partial charge in [0, 0.05) is 47.6 Å². The molecule has 3 atom stereocenters. The lowest BCUT2D eigenvalue weighted by Crippen LogP contribution is -2.71. The molecule has 2 saturated heterocycles. The monoisotopic (exact) mass is 801 g/mol. The van der Waals surface area contributed by atoms with E-state index in [2.05, 4.69) is 25.3 Å². The molecule has 8 N–H and O–H groups in total. The smallest absolute Gasteiger partial charge is 0.352 e. The third kappa shape index (κ3) is 7.96. The van der Waals surface area contributed by atoms with Crippen molar-refractivity contribution in [2.24, 2.45) is 15.9 Å². The zero-order valence-electron chi connectivity index (χ0n) is 30.5. The molecule has 3 aliphatic rings. The molecule has 1 aromatic carbocycles. The number of thioether (sulfide) groups is 1. The zero-order valence-corrected chi connectivity index (χ0v) is 32.2. The summed E-state index contributed by atoms with van der Waals surface area (Å²) in [5, 5.41) is 31.3. The fourth-order valence-electron chi connectivity index (χ4n) is 6.65. The molecule has 2 amide bonds. The molecule has 0 saturated carbocycles. The van der Waals surface area contributed by atoms with Crippen LogP contribution in [0, 0.1) is 0 Å². The number of fused-ring (bicyclic) bond motifs is 2. The molecule has 292 valence electrons. The number of piperidine rings is 1. The SMILES string of the molecule is CC(C)(ON=C(C(=O)N[C@@H]1C(=O)N2C(C(=O)O)=C(C[n+]3ccc4c(ccn4Cc4ccc(C(N)=NC5CCCNC5)cc4)c3)CS[C@H]12)c1csc(N)n1)C(=O)O. The van der Waals surface area contributed by atoms with Crippen LogP contribution in [-0.2, 0) is 37.1 Å². The van der Waals surface area contributed by atoms with Gasteiger partial charge in [-0.05, 0) is 44.9 Å². The number of nitrogens with one attached hydrogen (secondary N) is 2. The second kappa shape index (κ2) is 15.8. The minimum absolute atomic E-state index is 0.0251. The summed E-state index contributed by atoms with van der Waals surface area (Å²) in [6.45, 7) is 5.24. The molecule has 2 fully saturated rings. The number of nitrogens with two attached hydrogens (primary N) is 2. The van der Waals surface area contributed by atoms with Crippen LogP contribution < -0.4 is 26.7 Å². The molecule has 4 aromatic rings. The van der Waals surface area contributed by atoms with Crippen LogP contribution >= 0.6 is 23.1 Å². The topological polar surface area (TPSA) is 244 Å². The highest BCUT2D eigenvalue weighted by Crippen LogP contribution is 2.40. The number of aliphatic imine (C=N–C) groups is 1. The number of hydrogen-bond donors (Lipinski definition) is 6. The molecular formula is C37H41N10O7S2+. The molecule has 56 heavy (non-hydrogen) atoms. The van der Waals surface area contributed by atoms with Gasteiger partial charge in [0.05, 0.1) is 16.9 Å². The molecule has 19 heteroatoms. The van der Waals surface area contributed by atoms with Crippen molar-refractivity contribution in [1.82, 2.24) is 25.1 Å². The molecule has 1 unspecified atom stereocenters. The quantitative estimate of drug-likeness (QED) is 0.0371. The van der Waals surface area contributed by atoms with Gasteiger partial charge < -0.3 is 41.7 Å². The first-order valence-electron chi connectivity index (χ1n) is 17.8. The van der Waals surface area contributed by atoms with Gasteiger partial charge in [-0.25, -0.2) is 19.1 Å². The van der Waals surface area contributed by atoms with E-state index in [0.717, 1.165) is 59.3 Å². The van der Waals surface area contributed by atoms with Crippen LogP contribution in [0.25, 0.3) is 10.9 Å². The van der Waals surface area contributed by atoms with Crippen LogP contribution in [-0.4, -0.2) is 102 Å². The Balaban J connectivity index is 1.03. The number of carbonyl (C=O) groups excluding carboxylic acids is 2. The summed E-state index contributed by atoms with van der Waals surface area (Å²) in [6.07, 6.45) is 7.95. The number of aromatic nitrogens is 3. The fourth-order valence-corrected chi connectivity index (χ4v) is 8.54. The first-order valence-corrected chi connectivity index (χ1v) is 19.7. The molecule has 7 rings (SSSR count). The van der Waals surface area contributed by atoms with E-state index in [0.29, 0.717) is 18.0 Å².